The van der Waals surface area contributed by atoms with Crippen LogP contribution in [0.1, 0.15) is 61.8 Å². The molecule has 0 bridgehead atoms. The fourth-order valence-corrected chi connectivity index (χ4v) is 4.75. The van der Waals surface area contributed by atoms with Gasteiger partial charge in [-0.2, -0.15) is 4.57 Å². The number of benzene rings is 3. The minimum atomic E-state index is 0.398. The van der Waals surface area contributed by atoms with E-state index >= 15 is 0 Å². The average molecular weight is 398 g/mol. The number of nitrogens with zero attached hydrogens (tertiary/aromatic N) is 2. The Kier molecular flexibility index (Phi) is 4.15. The Bertz CT molecular complexity index is 1350. The minimum Gasteiger partial charge on any atom is -0.433 e. The van der Waals surface area contributed by atoms with Gasteiger partial charge in [0.25, 0.3) is 11.6 Å². The summed E-state index contributed by atoms with van der Waals surface area (Å²) in [6, 6.07) is 13.3. The molecule has 1 aliphatic rings. The lowest BCUT2D eigenvalue weighted by Crippen LogP contribution is -2.34. The molecule has 0 spiro atoms. The Labute approximate surface area is 178 Å². The van der Waals surface area contributed by atoms with Crippen molar-refractivity contribution < 1.29 is 9.30 Å². The molecule has 0 aliphatic carbocycles. The van der Waals surface area contributed by atoms with Gasteiger partial charge >= 0.3 is 0 Å². The molecule has 0 amide bonds. The van der Waals surface area contributed by atoms with Crippen molar-refractivity contribution in [3.05, 3.63) is 58.7 Å². The van der Waals surface area contributed by atoms with Crippen LogP contribution in [0.4, 0.5) is 0 Å². The van der Waals surface area contributed by atoms with Gasteiger partial charge in [-0.05, 0) is 59.4 Å². The van der Waals surface area contributed by atoms with Crippen LogP contribution in [0.25, 0.3) is 33.1 Å². The molecule has 1 aliphatic heterocycles. The van der Waals surface area contributed by atoms with Gasteiger partial charge in [-0.15, -0.1) is 0 Å². The van der Waals surface area contributed by atoms with Crippen LogP contribution in [0, 0.1) is 13.8 Å². The number of rotatable bonds is 2. The lowest BCUT2D eigenvalue weighted by molar-refractivity contribution is -0.634. The van der Waals surface area contributed by atoms with Gasteiger partial charge in [-0.1, -0.05) is 52.0 Å². The van der Waals surface area contributed by atoms with Crippen LogP contribution in [-0.4, -0.2) is 4.98 Å². The number of hydrogen-bond donors (Lipinski definition) is 0. The van der Waals surface area contributed by atoms with E-state index in [0.717, 1.165) is 22.5 Å². The molecule has 4 aromatic rings. The summed E-state index contributed by atoms with van der Waals surface area (Å²) in [5.41, 5.74) is 9.63. The molecule has 2 heterocycles. The smallest absolute Gasteiger partial charge is 0.294 e. The number of aromatic nitrogens is 2. The standard InChI is InChI=1S/C27H29N2O/c1-14(2)18-12-19-11-16(5)17(6)23-24(19)22(13-18)30-27-26(23)29(7)21-10-8-9-20(15(3)4)25(21)28-27/h8-15H,1-7H3/q+1. The normalized spacial score (nSPS) is 12.7. The number of para-hydroxylation sites is 1. The topological polar surface area (TPSA) is 26.0 Å². The van der Waals surface area contributed by atoms with Gasteiger partial charge in [0, 0.05) is 11.5 Å². The molecule has 0 saturated carbocycles. The highest BCUT2D eigenvalue weighted by Crippen LogP contribution is 2.48. The molecule has 0 unspecified atom stereocenters. The van der Waals surface area contributed by atoms with Crippen LogP contribution in [0.2, 0.25) is 0 Å². The predicted octanol–water partition coefficient (Wildman–Crippen LogP) is 6.85. The van der Waals surface area contributed by atoms with E-state index in [4.69, 9.17) is 9.72 Å². The first-order chi connectivity index (χ1) is 14.3. The SMILES string of the molecule is Cc1cc2cc(C(C)C)cc3c2c(c1C)-c1c(nc2c(C(C)C)cccc2[n+]1C)O3. The van der Waals surface area contributed by atoms with Gasteiger partial charge in [0.15, 0.2) is 0 Å². The van der Waals surface area contributed by atoms with Crippen molar-refractivity contribution in [2.45, 2.75) is 53.4 Å². The van der Waals surface area contributed by atoms with Crippen LogP contribution in [0.3, 0.4) is 0 Å². The van der Waals surface area contributed by atoms with E-state index < -0.39 is 0 Å². The van der Waals surface area contributed by atoms with E-state index in [-0.39, 0.29) is 0 Å². The first-order valence-corrected chi connectivity index (χ1v) is 10.9. The summed E-state index contributed by atoms with van der Waals surface area (Å²) in [6.45, 7) is 13.3. The molecule has 0 radical (unpaired) electrons. The highest BCUT2D eigenvalue weighted by atomic mass is 16.5. The molecule has 152 valence electrons. The maximum absolute atomic E-state index is 6.53. The number of aryl methyl sites for hydroxylation is 2. The minimum absolute atomic E-state index is 0.398. The second kappa shape index (κ2) is 6.53. The summed E-state index contributed by atoms with van der Waals surface area (Å²) in [7, 11) is 2.14. The van der Waals surface area contributed by atoms with E-state index in [0.29, 0.717) is 17.7 Å². The highest BCUT2D eigenvalue weighted by Gasteiger charge is 2.33. The van der Waals surface area contributed by atoms with Crippen LogP contribution in [0.15, 0.2) is 36.4 Å². The monoisotopic (exact) mass is 397 g/mol. The molecule has 5 rings (SSSR count). The third-order valence-corrected chi connectivity index (χ3v) is 6.63. The summed E-state index contributed by atoms with van der Waals surface area (Å²) in [4.78, 5) is 5.09. The fourth-order valence-electron chi connectivity index (χ4n) is 4.75. The number of hydrogen-bond acceptors (Lipinski definition) is 2. The van der Waals surface area contributed by atoms with Crippen molar-refractivity contribution >= 4 is 21.8 Å². The lowest BCUT2D eigenvalue weighted by atomic mass is 9.88. The third-order valence-electron chi connectivity index (χ3n) is 6.63. The summed E-state index contributed by atoms with van der Waals surface area (Å²) in [6.07, 6.45) is 0. The van der Waals surface area contributed by atoms with Crippen LogP contribution >= 0.6 is 0 Å². The van der Waals surface area contributed by atoms with Gasteiger partial charge in [0.05, 0.1) is 5.56 Å². The quantitative estimate of drug-likeness (QED) is 0.304. The molecule has 0 fully saturated rings. The van der Waals surface area contributed by atoms with Crippen molar-refractivity contribution in [2.75, 3.05) is 0 Å². The van der Waals surface area contributed by atoms with E-state index in [1.807, 2.05) is 0 Å². The molecule has 3 aromatic carbocycles. The van der Waals surface area contributed by atoms with E-state index in [2.05, 4.69) is 89.6 Å². The van der Waals surface area contributed by atoms with Gasteiger partial charge in [-0.25, -0.2) is 4.98 Å². The largest absolute Gasteiger partial charge is 0.433 e. The van der Waals surface area contributed by atoms with E-state index in [9.17, 15) is 0 Å². The number of ether oxygens (including phenoxy) is 1. The van der Waals surface area contributed by atoms with Crippen LogP contribution in [0.5, 0.6) is 11.6 Å². The van der Waals surface area contributed by atoms with Crippen molar-refractivity contribution in [1.82, 2.24) is 4.98 Å². The molecular weight excluding hydrogens is 368 g/mol. The Morgan fingerprint density at radius 2 is 1.73 bits per heavy atom. The molecule has 30 heavy (non-hydrogen) atoms. The van der Waals surface area contributed by atoms with Crippen molar-refractivity contribution in [2.24, 2.45) is 7.05 Å². The van der Waals surface area contributed by atoms with Crippen molar-refractivity contribution in [3.63, 3.8) is 0 Å². The zero-order valence-electron chi connectivity index (χ0n) is 18.9. The summed E-state index contributed by atoms with van der Waals surface area (Å²) in [5.74, 6) is 2.47. The van der Waals surface area contributed by atoms with E-state index in [1.165, 1.54) is 38.6 Å². The predicted molar refractivity (Wildman–Crippen MR) is 124 cm³/mol. The zero-order chi connectivity index (χ0) is 21.3. The Morgan fingerprint density at radius 1 is 0.967 bits per heavy atom. The van der Waals surface area contributed by atoms with Gasteiger partial charge < -0.3 is 4.74 Å². The molecule has 1 aromatic heterocycles. The van der Waals surface area contributed by atoms with Crippen LogP contribution in [-0.2, 0) is 7.05 Å². The Morgan fingerprint density at radius 3 is 2.43 bits per heavy atom. The Balaban J connectivity index is 1.95. The summed E-state index contributed by atoms with van der Waals surface area (Å²) < 4.78 is 8.79. The molecule has 3 heteroatoms. The second-order valence-corrected chi connectivity index (χ2v) is 9.26. The zero-order valence-corrected chi connectivity index (χ0v) is 18.9. The van der Waals surface area contributed by atoms with Crippen molar-refractivity contribution in [3.8, 4) is 22.9 Å². The summed E-state index contributed by atoms with van der Waals surface area (Å²) in [5, 5.41) is 2.45. The van der Waals surface area contributed by atoms with Crippen LogP contribution < -0.4 is 9.30 Å². The Hall–Kier alpha value is -2.94. The van der Waals surface area contributed by atoms with Gasteiger partial charge in [-0.3, -0.25) is 0 Å². The maximum atomic E-state index is 6.53. The average Bonchev–Trinajstić information content (AvgIpc) is 2.70. The molecular formula is C27H29N2O+. The molecule has 0 atom stereocenters. The third kappa shape index (κ3) is 2.57. The molecule has 0 saturated heterocycles. The number of fused-ring (bicyclic) bond motifs is 3. The lowest BCUT2D eigenvalue weighted by Gasteiger charge is -2.23. The maximum Gasteiger partial charge on any atom is 0.294 e. The highest BCUT2D eigenvalue weighted by molar-refractivity contribution is 6.05. The van der Waals surface area contributed by atoms with Crippen molar-refractivity contribution in [1.29, 1.82) is 0 Å². The van der Waals surface area contributed by atoms with E-state index in [1.54, 1.807) is 0 Å². The molecule has 0 N–H and O–H groups in total. The first-order valence-electron chi connectivity index (χ1n) is 10.9. The second-order valence-electron chi connectivity index (χ2n) is 9.26. The first kappa shape index (κ1) is 19.0. The van der Waals surface area contributed by atoms with Gasteiger partial charge in [0.1, 0.15) is 18.3 Å². The molecule has 3 nitrogen and oxygen atoms in total. The van der Waals surface area contributed by atoms with Gasteiger partial charge in [0.2, 0.25) is 5.52 Å². The fraction of sp³-hybridized carbons (Fsp3) is 0.333. The summed E-state index contributed by atoms with van der Waals surface area (Å²) >= 11 is 0.